The molecule has 1 amide bonds. The molecule has 14 aliphatic rings. The van der Waals surface area contributed by atoms with Crippen LogP contribution in [0.1, 0.15) is 76.0 Å². The Hall–Kier alpha value is -4.95. The van der Waals surface area contributed by atoms with E-state index >= 15 is 4.79 Å². The summed E-state index contributed by atoms with van der Waals surface area (Å²) >= 11 is 0. The van der Waals surface area contributed by atoms with Gasteiger partial charge in [-0.25, -0.2) is 0 Å². The van der Waals surface area contributed by atoms with E-state index in [1.54, 1.807) is 33.4 Å². The van der Waals surface area contributed by atoms with Gasteiger partial charge in [0, 0.05) is 113 Å². The Morgan fingerprint density at radius 1 is 0.591 bits per heavy atom. The van der Waals surface area contributed by atoms with Crippen LogP contribution < -0.4 is 14.7 Å². The molecule has 17 rings (SSSR count). The van der Waals surface area contributed by atoms with Crippen LogP contribution in [0.25, 0.3) is 0 Å². The molecular weight excluding hydrogens is 809 g/mol. The van der Waals surface area contributed by atoms with Gasteiger partial charge in [0.1, 0.15) is 0 Å². The lowest BCUT2D eigenvalue weighted by molar-refractivity contribution is -0.118. The second kappa shape index (κ2) is 12.0. The molecule has 0 aromatic heterocycles. The molecule has 7 nitrogen and oxygen atoms in total. The molecule has 3 saturated carbocycles. The third kappa shape index (κ3) is 3.79. The maximum Gasteiger partial charge on any atom is 0.255 e. The van der Waals surface area contributed by atoms with Gasteiger partial charge in [0.25, 0.3) is 5.91 Å². The van der Waals surface area contributed by atoms with Crippen LogP contribution in [-0.2, 0) is 21.0 Å². The Morgan fingerprint density at radius 2 is 1.14 bits per heavy atom. The highest BCUT2D eigenvalue weighted by molar-refractivity contribution is 6.10. The predicted molar refractivity (Wildman–Crippen MR) is 260 cm³/mol. The first-order valence-corrected chi connectivity index (χ1v) is 26.0. The van der Waals surface area contributed by atoms with Gasteiger partial charge in [-0.3, -0.25) is 19.5 Å². The summed E-state index contributed by atoms with van der Waals surface area (Å²) in [5, 5.41) is 0. The summed E-state index contributed by atoms with van der Waals surface area (Å²) in [6.45, 7) is 12.3. The Kier molecular flexibility index (Phi) is 6.75. The van der Waals surface area contributed by atoms with Crippen molar-refractivity contribution in [3.63, 3.8) is 0 Å². The summed E-state index contributed by atoms with van der Waals surface area (Å²) < 4.78 is 0. The lowest BCUT2D eigenvalue weighted by atomic mass is 9.54. The molecule has 3 aromatic carbocycles. The monoisotopic (exact) mass is 868 g/mol. The van der Waals surface area contributed by atoms with Crippen LogP contribution in [0.5, 0.6) is 0 Å². The number of amides is 1. The standard InChI is InChI=1S/C59H60N6O/c1-4-33-28-61-22-20-58-45-15-9-12-18-48(45)65-55(58)39(36(33)24-51(58)61)23-40(56(65)66)49-27-59-44-14-8-11-17-47(44)64-31-41-37-25-50-57(19-21-60(50)29-34(37)5-2)43-13-7-10-16-46(43)63(53(41)57)32-42(54(59)64)38-26-52(59)62(49)30-35(38)6-3/h4-18,23,31-32,36-39,49-55H,19-22,24-30H2,1-3H3/b33-4-,34-5?,35-6?,41-31-,42-32-/t36-,37-,38-,39-,49+,50-,51-,52-,53-,54-,55-,57+,58+,59+/m0/s1. The smallest absolute Gasteiger partial charge is 0.255 e. The van der Waals surface area contributed by atoms with Crippen molar-refractivity contribution in [3.05, 3.63) is 160 Å². The van der Waals surface area contributed by atoms with Crippen LogP contribution in [-0.4, -0.2) is 95.6 Å². The first kappa shape index (κ1) is 37.1. The maximum absolute atomic E-state index is 16.1. The van der Waals surface area contributed by atoms with E-state index in [9.17, 15) is 0 Å². The predicted octanol–water partition coefficient (Wildman–Crippen LogP) is 8.76. The number of allylic oxidation sites excluding steroid dienone is 3. The fraction of sp³-hybridized carbons (Fsp3) is 0.475. The van der Waals surface area contributed by atoms with Crippen LogP contribution in [0, 0.1) is 23.7 Å². The molecule has 3 aromatic rings. The average molecular weight is 869 g/mol. The van der Waals surface area contributed by atoms with E-state index in [1.807, 2.05) is 0 Å². The molecule has 0 N–H and O–H groups in total. The van der Waals surface area contributed by atoms with Crippen molar-refractivity contribution < 1.29 is 4.79 Å². The van der Waals surface area contributed by atoms with Gasteiger partial charge < -0.3 is 14.7 Å². The molecule has 0 unspecified atom stereocenters. The summed E-state index contributed by atoms with van der Waals surface area (Å²) in [7, 11) is 0. The minimum absolute atomic E-state index is 0.0101. The molecule has 66 heavy (non-hydrogen) atoms. The van der Waals surface area contributed by atoms with Crippen molar-refractivity contribution in [1.29, 1.82) is 0 Å². The van der Waals surface area contributed by atoms with Crippen LogP contribution in [0.4, 0.5) is 17.1 Å². The molecule has 0 radical (unpaired) electrons. The number of hydrogen-bond acceptors (Lipinski definition) is 6. The van der Waals surface area contributed by atoms with Crippen molar-refractivity contribution in [3.8, 4) is 0 Å². The molecule has 6 bridgehead atoms. The minimum Gasteiger partial charge on any atom is -0.339 e. The summed E-state index contributed by atoms with van der Waals surface area (Å²) in [6, 6.07) is 30.5. The van der Waals surface area contributed by atoms with Gasteiger partial charge in [-0.05, 0) is 124 Å². The van der Waals surface area contributed by atoms with Gasteiger partial charge in [-0.1, -0.05) is 95.6 Å². The van der Waals surface area contributed by atoms with Gasteiger partial charge in [-0.15, -0.1) is 0 Å². The van der Waals surface area contributed by atoms with Crippen molar-refractivity contribution in [2.75, 3.05) is 47.4 Å². The summed E-state index contributed by atoms with van der Waals surface area (Å²) in [4.78, 5) is 32.8. The molecule has 332 valence electrons. The van der Waals surface area contributed by atoms with Crippen molar-refractivity contribution in [2.45, 2.75) is 118 Å². The quantitative estimate of drug-likeness (QED) is 0.228. The molecule has 6 saturated heterocycles. The summed E-state index contributed by atoms with van der Waals surface area (Å²) in [5.41, 5.74) is 17.7. The lowest BCUT2D eigenvalue weighted by Gasteiger charge is -2.57. The molecule has 3 aliphatic carbocycles. The van der Waals surface area contributed by atoms with Gasteiger partial charge >= 0.3 is 0 Å². The number of hydrogen-bond donors (Lipinski definition) is 0. The number of carbonyl (C=O) groups excluding carboxylic acids is 1. The second-order valence-electron chi connectivity index (χ2n) is 23.3. The van der Waals surface area contributed by atoms with Crippen molar-refractivity contribution in [2.24, 2.45) is 23.7 Å². The first-order chi connectivity index (χ1) is 32.4. The van der Waals surface area contributed by atoms with Gasteiger partial charge in [0.05, 0.1) is 18.1 Å². The number of fused-ring (bicyclic) bond motifs is 12. The molecule has 14 atom stereocenters. The lowest BCUT2D eigenvalue weighted by Crippen LogP contribution is -2.66. The molecular formula is C59H60N6O. The van der Waals surface area contributed by atoms with Crippen LogP contribution >= 0.6 is 0 Å². The number of nitrogens with zero attached hydrogens (tertiary/aromatic N) is 6. The van der Waals surface area contributed by atoms with E-state index in [1.165, 1.54) is 54.0 Å². The average Bonchev–Trinajstić information content (AvgIpc) is 4.19. The topological polar surface area (TPSA) is 36.5 Å². The SMILES string of the molecule is CC=C1CN2[C@@H](C3=C[C@@H]4[C@@H]5N(C3=O)c3ccccc3[C@@]53CCN5C/C(=C/C)[C@@H]4C[C@H]53)C[C@]34c5ccccc5N5/C=C6\[C@@H]7N(/C=C(\[C@H]53)[C@H]1C[C@H]24)c1ccccc1[C@@]71CCN2CC(=CC)[C@@H]6C[C@H]21. The fourth-order valence-corrected chi connectivity index (χ4v) is 20.0. The third-order valence-electron chi connectivity index (χ3n) is 22.0. The number of para-hydroxylation sites is 3. The normalized spacial score (nSPS) is 46.6. The van der Waals surface area contributed by atoms with Crippen LogP contribution in [0.2, 0.25) is 0 Å². The Labute approximate surface area is 389 Å². The molecule has 7 heteroatoms. The summed E-state index contributed by atoms with van der Waals surface area (Å²) in [6.07, 6.45) is 22.4. The Morgan fingerprint density at radius 3 is 1.82 bits per heavy atom. The third-order valence-corrected chi connectivity index (χ3v) is 22.0. The van der Waals surface area contributed by atoms with E-state index < -0.39 is 0 Å². The Bertz CT molecular complexity index is 2990. The highest BCUT2D eigenvalue weighted by atomic mass is 16.2. The highest BCUT2D eigenvalue weighted by Crippen LogP contribution is 2.70. The van der Waals surface area contributed by atoms with Gasteiger partial charge in [-0.2, -0.15) is 0 Å². The highest BCUT2D eigenvalue weighted by Gasteiger charge is 2.74. The van der Waals surface area contributed by atoms with Gasteiger partial charge in [0.15, 0.2) is 0 Å². The van der Waals surface area contributed by atoms with E-state index in [-0.39, 0.29) is 34.4 Å². The van der Waals surface area contributed by atoms with E-state index in [4.69, 9.17) is 0 Å². The zero-order valence-corrected chi connectivity index (χ0v) is 38.6. The zero-order chi connectivity index (χ0) is 43.3. The molecule has 3 spiro atoms. The second-order valence-corrected chi connectivity index (χ2v) is 23.3. The fourth-order valence-electron chi connectivity index (χ4n) is 20.0. The summed E-state index contributed by atoms with van der Waals surface area (Å²) in [5.74, 6) is 1.90. The van der Waals surface area contributed by atoms with E-state index in [0.29, 0.717) is 53.7 Å². The van der Waals surface area contributed by atoms with E-state index in [2.05, 4.69) is 160 Å². The van der Waals surface area contributed by atoms with Crippen molar-refractivity contribution in [1.82, 2.24) is 14.7 Å². The molecule has 9 fully saturated rings. The number of benzene rings is 3. The van der Waals surface area contributed by atoms with Crippen molar-refractivity contribution >= 4 is 23.0 Å². The number of anilines is 3. The van der Waals surface area contributed by atoms with Crippen LogP contribution in [0.3, 0.4) is 0 Å². The molecule has 11 aliphatic heterocycles. The molecule has 11 heterocycles. The largest absolute Gasteiger partial charge is 0.339 e. The first-order valence-electron chi connectivity index (χ1n) is 26.0. The number of carbonyl (C=O) groups is 1. The number of rotatable bonds is 1. The minimum atomic E-state index is -0.161. The van der Waals surface area contributed by atoms with E-state index in [0.717, 1.165) is 51.0 Å². The number of piperidine rings is 3. The Balaban J connectivity index is 0.885. The zero-order valence-electron chi connectivity index (χ0n) is 38.6. The van der Waals surface area contributed by atoms with Gasteiger partial charge in [0.2, 0.25) is 0 Å². The maximum atomic E-state index is 16.1. The van der Waals surface area contributed by atoms with Crippen LogP contribution in [0.15, 0.2) is 143 Å².